The normalized spacial score (nSPS) is 14.2. The Labute approximate surface area is 324 Å². The summed E-state index contributed by atoms with van der Waals surface area (Å²) in [6.07, 6.45) is 10.4. The summed E-state index contributed by atoms with van der Waals surface area (Å²) in [5, 5.41) is 12.7. The molecule has 55 heavy (non-hydrogen) atoms. The van der Waals surface area contributed by atoms with Crippen molar-refractivity contribution in [2.45, 2.75) is 84.1 Å². The first-order chi connectivity index (χ1) is 26.8. The van der Waals surface area contributed by atoms with Crippen molar-refractivity contribution < 1.29 is 19.2 Å². The zero-order valence-electron chi connectivity index (χ0n) is 31.6. The zero-order chi connectivity index (χ0) is 38.4. The third kappa shape index (κ3) is 6.20. The van der Waals surface area contributed by atoms with Crippen molar-refractivity contribution in [2.24, 2.45) is 0 Å². The number of carbonyl (C=O) groups excluding carboxylic acids is 4. The number of carbonyl (C=O) groups is 4. The van der Waals surface area contributed by atoms with Crippen LogP contribution in [-0.2, 0) is 0 Å². The molecule has 1 aromatic heterocycles. The number of halogens is 1. The number of nitrogens with one attached hydrogen (secondary N) is 2. The minimum atomic E-state index is -0.370. The molecule has 4 amide bonds. The molecule has 2 aliphatic rings. The van der Waals surface area contributed by atoms with E-state index < -0.39 is 0 Å². The number of fused-ring (bicyclic) bond motifs is 2. The van der Waals surface area contributed by atoms with E-state index in [-0.39, 0.29) is 48.0 Å². The maximum Gasteiger partial charge on any atom is 0.261 e. The van der Waals surface area contributed by atoms with E-state index in [2.05, 4.69) is 34.4 Å². The van der Waals surface area contributed by atoms with Crippen LogP contribution in [0.2, 0.25) is 5.28 Å². The zero-order valence-corrected chi connectivity index (χ0v) is 32.3. The average Bonchev–Trinajstić information content (AvgIpc) is 3.19. The van der Waals surface area contributed by atoms with E-state index >= 15 is 0 Å². The molecule has 2 N–H and O–H groups in total. The number of aromatic nitrogens is 2. The first kappa shape index (κ1) is 36.6. The number of anilines is 2. The molecular weight excluding hydrogens is 712 g/mol. The number of rotatable bonds is 16. The van der Waals surface area contributed by atoms with Gasteiger partial charge in [-0.2, -0.15) is 0 Å². The van der Waals surface area contributed by atoms with Crippen molar-refractivity contribution in [3.05, 3.63) is 82.1 Å². The van der Waals surface area contributed by atoms with Gasteiger partial charge in [0.15, 0.2) is 0 Å². The Hall–Kier alpha value is -5.35. The van der Waals surface area contributed by atoms with Gasteiger partial charge in [-0.3, -0.25) is 29.0 Å². The van der Waals surface area contributed by atoms with Crippen molar-refractivity contribution >= 4 is 90.0 Å². The van der Waals surface area contributed by atoms with Gasteiger partial charge in [-0.05, 0) is 81.0 Å². The van der Waals surface area contributed by atoms with Gasteiger partial charge in [-0.15, -0.1) is 0 Å². The lowest BCUT2D eigenvalue weighted by molar-refractivity contribution is 0.0514. The van der Waals surface area contributed by atoms with Crippen LogP contribution in [0.5, 0.6) is 0 Å². The van der Waals surface area contributed by atoms with Gasteiger partial charge in [-0.1, -0.05) is 89.5 Å². The molecule has 0 fully saturated rings. The van der Waals surface area contributed by atoms with Gasteiger partial charge in [0.05, 0.1) is 0 Å². The summed E-state index contributed by atoms with van der Waals surface area (Å²) in [5.74, 6) is -0.164. The van der Waals surface area contributed by atoms with Crippen LogP contribution in [0.1, 0.15) is 119 Å². The van der Waals surface area contributed by atoms with Crippen LogP contribution < -0.4 is 10.6 Å². The molecule has 0 unspecified atom stereocenters. The van der Waals surface area contributed by atoms with Crippen LogP contribution in [0, 0.1) is 0 Å². The van der Waals surface area contributed by atoms with Crippen LogP contribution in [0.4, 0.5) is 11.6 Å². The predicted molar refractivity (Wildman–Crippen MR) is 220 cm³/mol. The molecule has 3 heterocycles. The highest BCUT2D eigenvalue weighted by atomic mass is 35.5. The van der Waals surface area contributed by atoms with Gasteiger partial charge in [0.2, 0.25) is 5.28 Å². The molecule has 6 aromatic rings. The fourth-order valence-electron chi connectivity index (χ4n) is 8.82. The highest BCUT2D eigenvalue weighted by Gasteiger charge is 2.39. The summed E-state index contributed by atoms with van der Waals surface area (Å²) >= 11 is 6.05. The Morgan fingerprint density at radius 2 is 1.05 bits per heavy atom. The third-order valence-electron chi connectivity index (χ3n) is 11.5. The van der Waals surface area contributed by atoms with Crippen LogP contribution >= 0.6 is 11.6 Å². The number of hydrogen-bond donors (Lipinski definition) is 2. The van der Waals surface area contributed by atoms with Crippen molar-refractivity contribution in [1.29, 1.82) is 0 Å². The lowest BCUT2D eigenvalue weighted by Gasteiger charge is -2.35. The molecule has 0 atom stereocenters. The number of imide groups is 2. The summed E-state index contributed by atoms with van der Waals surface area (Å²) in [6, 6.07) is 16.7. The summed E-state index contributed by atoms with van der Waals surface area (Å²) in [5.41, 5.74) is 2.02. The Morgan fingerprint density at radius 1 is 0.600 bits per heavy atom. The third-order valence-corrected chi connectivity index (χ3v) is 11.7. The molecule has 0 radical (unpaired) electrons. The minimum absolute atomic E-state index is 0.0742. The van der Waals surface area contributed by atoms with Gasteiger partial charge in [0, 0.05) is 65.3 Å². The lowest BCUT2D eigenvalue weighted by atomic mass is 9.82. The standard InChI is InChI=1S/C44H45ClN6O4/c1-4-6-8-10-12-25(13-11-9-7-5-2)51-42(54)32-20-16-28-26-14-18-30-38-31(19-15-27(36(26)38)29-17-21-33(43(51)55)39(32)37(28)29)41(53)50(40(30)52)23-22-47-35-24-34(46-3)48-44(45)49-35/h14-21,24-25H,4-13,22-23H2,1-3H3,(H2,46,47,48,49). The highest BCUT2D eigenvalue weighted by molar-refractivity contribution is 6.41. The smallest absolute Gasteiger partial charge is 0.261 e. The van der Waals surface area contributed by atoms with Crippen molar-refractivity contribution in [3.8, 4) is 0 Å². The van der Waals surface area contributed by atoms with Crippen LogP contribution in [0.3, 0.4) is 0 Å². The largest absolute Gasteiger partial charge is 0.373 e. The number of nitrogens with zero attached hydrogens (tertiary/aromatic N) is 4. The van der Waals surface area contributed by atoms with E-state index in [0.717, 1.165) is 96.5 Å². The molecular formula is C44H45ClN6O4. The van der Waals surface area contributed by atoms with Gasteiger partial charge >= 0.3 is 0 Å². The number of unbranched alkanes of at least 4 members (excludes halogenated alkanes) is 6. The van der Waals surface area contributed by atoms with Gasteiger partial charge in [0.25, 0.3) is 23.6 Å². The molecule has 2 aliphatic heterocycles. The van der Waals surface area contributed by atoms with Crippen molar-refractivity contribution in [2.75, 3.05) is 30.8 Å². The fourth-order valence-corrected chi connectivity index (χ4v) is 9.00. The molecule has 0 saturated carbocycles. The maximum atomic E-state index is 14.4. The Balaban J connectivity index is 1.16. The lowest BCUT2D eigenvalue weighted by Crippen LogP contribution is -2.47. The summed E-state index contributed by atoms with van der Waals surface area (Å²) in [4.78, 5) is 68.0. The molecule has 0 saturated heterocycles. The van der Waals surface area contributed by atoms with Gasteiger partial charge in [-0.25, -0.2) is 9.97 Å². The molecule has 0 aliphatic carbocycles. The molecule has 8 rings (SSSR count). The quantitative estimate of drug-likeness (QED) is 0.0329. The van der Waals surface area contributed by atoms with E-state index in [1.807, 2.05) is 36.4 Å². The highest BCUT2D eigenvalue weighted by Crippen LogP contribution is 2.46. The van der Waals surface area contributed by atoms with Crippen LogP contribution in [0.25, 0.3) is 43.1 Å². The van der Waals surface area contributed by atoms with E-state index in [1.54, 1.807) is 30.1 Å². The number of benzene rings is 5. The molecule has 11 heteroatoms. The second-order valence-corrected chi connectivity index (χ2v) is 15.2. The SMILES string of the molecule is CCCCCCC(CCCCCC)N1C(=O)c2ccc3c4ccc5c6c(ccc(c7ccc(c2c37)C1=O)c64)C(=O)N(CCNc1cc(NC)nc(Cl)n1)C5=O. The summed E-state index contributed by atoms with van der Waals surface area (Å²) in [6.45, 7) is 4.75. The Bertz CT molecular complexity index is 2380. The topological polar surface area (TPSA) is 125 Å². The van der Waals surface area contributed by atoms with Gasteiger partial charge < -0.3 is 10.6 Å². The fraction of sp³-hybridized carbons (Fsp3) is 0.364. The second-order valence-electron chi connectivity index (χ2n) is 14.8. The molecule has 0 spiro atoms. The van der Waals surface area contributed by atoms with Gasteiger partial charge in [0.1, 0.15) is 11.6 Å². The number of amides is 4. The van der Waals surface area contributed by atoms with E-state index in [4.69, 9.17) is 11.6 Å². The average molecular weight is 757 g/mol. The van der Waals surface area contributed by atoms with Crippen molar-refractivity contribution in [3.63, 3.8) is 0 Å². The van der Waals surface area contributed by atoms with Crippen molar-refractivity contribution in [1.82, 2.24) is 19.8 Å². The minimum Gasteiger partial charge on any atom is -0.373 e. The summed E-state index contributed by atoms with van der Waals surface area (Å²) in [7, 11) is 1.73. The molecule has 5 aromatic carbocycles. The summed E-state index contributed by atoms with van der Waals surface area (Å²) < 4.78 is 0. The van der Waals surface area contributed by atoms with E-state index in [0.29, 0.717) is 44.7 Å². The predicted octanol–water partition coefficient (Wildman–Crippen LogP) is 9.84. The van der Waals surface area contributed by atoms with Crippen LogP contribution in [-0.4, -0.2) is 69.6 Å². The monoisotopic (exact) mass is 756 g/mol. The van der Waals surface area contributed by atoms with E-state index in [1.165, 1.54) is 4.90 Å². The Kier molecular flexibility index (Phi) is 10.0. The van der Waals surface area contributed by atoms with E-state index in [9.17, 15) is 19.2 Å². The second kappa shape index (κ2) is 15.1. The first-order valence-electron chi connectivity index (χ1n) is 19.7. The number of hydrogen-bond acceptors (Lipinski definition) is 8. The first-order valence-corrected chi connectivity index (χ1v) is 20.1. The Morgan fingerprint density at radius 3 is 1.51 bits per heavy atom. The van der Waals surface area contributed by atoms with Crippen LogP contribution in [0.15, 0.2) is 54.6 Å². The molecule has 282 valence electrons. The molecule has 0 bridgehead atoms. The molecule has 10 nitrogen and oxygen atoms in total. The maximum absolute atomic E-state index is 14.4.